The summed E-state index contributed by atoms with van der Waals surface area (Å²) in [5.41, 5.74) is 3.34. The van der Waals surface area contributed by atoms with Gasteiger partial charge in [0.1, 0.15) is 10.3 Å². The zero-order chi connectivity index (χ0) is 20.0. The van der Waals surface area contributed by atoms with Crippen LogP contribution in [0, 0.1) is 5.82 Å². The van der Waals surface area contributed by atoms with Gasteiger partial charge in [0.2, 0.25) is 0 Å². The van der Waals surface area contributed by atoms with Crippen LogP contribution < -0.4 is 5.32 Å². The smallest absolute Gasteiger partial charge is 0.173 e. The summed E-state index contributed by atoms with van der Waals surface area (Å²) >= 11 is 3.14. The fraction of sp³-hybridized carbons (Fsp3) is 0.333. The van der Waals surface area contributed by atoms with Gasteiger partial charge in [-0.1, -0.05) is 0 Å². The molecule has 5 rings (SSSR count). The Morgan fingerprint density at radius 3 is 3.03 bits per heavy atom. The lowest BCUT2D eigenvalue weighted by molar-refractivity contribution is 0.188. The van der Waals surface area contributed by atoms with Gasteiger partial charge >= 0.3 is 0 Å². The predicted octanol–water partition coefficient (Wildman–Crippen LogP) is 4.96. The van der Waals surface area contributed by atoms with E-state index in [1.54, 1.807) is 29.1 Å². The van der Waals surface area contributed by atoms with Crippen molar-refractivity contribution in [2.45, 2.75) is 25.3 Å². The predicted molar refractivity (Wildman–Crippen MR) is 118 cm³/mol. The third-order valence-electron chi connectivity index (χ3n) is 5.80. The van der Waals surface area contributed by atoms with Gasteiger partial charge in [0, 0.05) is 35.0 Å². The number of aliphatic hydroxyl groups excluding tert-OH is 1. The van der Waals surface area contributed by atoms with Crippen molar-refractivity contribution in [2.75, 3.05) is 25.0 Å². The number of fused-ring (bicyclic) bond motifs is 2. The number of benzene rings is 1. The van der Waals surface area contributed by atoms with Crippen LogP contribution in [0.25, 0.3) is 20.4 Å². The lowest BCUT2D eigenvalue weighted by Crippen LogP contribution is -2.31. The molecule has 1 aromatic carbocycles. The minimum Gasteiger partial charge on any atom is -0.395 e. The number of aromatic nitrogens is 2. The summed E-state index contributed by atoms with van der Waals surface area (Å²) in [6.45, 7) is 4.13. The largest absolute Gasteiger partial charge is 0.395 e. The van der Waals surface area contributed by atoms with E-state index in [9.17, 15) is 9.50 Å². The van der Waals surface area contributed by atoms with E-state index in [4.69, 9.17) is 0 Å². The van der Waals surface area contributed by atoms with E-state index in [0.717, 1.165) is 33.6 Å². The molecule has 0 amide bonds. The van der Waals surface area contributed by atoms with E-state index in [1.807, 2.05) is 12.1 Å². The molecule has 2 atom stereocenters. The van der Waals surface area contributed by atoms with Crippen LogP contribution in [0.4, 0.5) is 15.8 Å². The number of halogens is 1. The molecule has 0 bridgehead atoms. The second kappa shape index (κ2) is 7.60. The van der Waals surface area contributed by atoms with Gasteiger partial charge in [0.25, 0.3) is 0 Å². The Hall–Kier alpha value is -2.13. The van der Waals surface area contributed by atoms with Gasteiger partial charge in [-0.3, -0.25) is 4.90 Å². The summed E-state index contributed by atoms with van der Waals surface area (Å²) in [4.78, 5) is 13.3. The average Bonchev–Trinajstić information content (AvgIpc) is 3.43. The van der Waals surface area contributed by atoms with Crippen molar-refractivity contribution in [1.82, 2.24) is 14.9 Å². The highest BCUT2D eigenvalue weighted by atomic mass is 32.1. The summed E-state index contributed by atoms with van der Waals surface area (Å²) in [5, 5.41) is 13.5. The first kappa shape index (κ1) is 18.9. The van der Waals surface area contributed by atoms with Crippen LogP contribution in [0.1, 0.15) is 24.1 Å². The molecular weight excluding hydrogens is 407 g/mol. The van der Waals surface area contributed by atoms with Crippen molar-refractivity contribution < 1.29 is 9.50 Å². The van der Waals surface area contributed by atoms with Crippen molar-refractivity contribution in [1.29, 1.82) is 0 Å². The molecule has 0 saturated carbocycles. The molecule has 4 heterocycles. The van der Waals surface area contributed by atoms with E-state index >= 15 is 0 Å². The molecule has 0 aliphatic carbocycles. The maximum absolute atomic E-state index is 14.8. The first-order valence-electron chi connectivity index (χ1n) is 9.68. The zero-order valence-electron chi connectivity index (χ0n) is 15.9. The van der Waals surface area contributed by atoms with E-state index < -0.39 is 0 Å². The Morgan fingerprint density at radius 2 is 2.17 bits per heavy atom. The van der Waals surface area contributed by atoms with Crippen LogP contribution in [0.5, 0.6) is 0 Å². The number of aliphatic hydroxyl groups is 1. The first-order valence-corrected chi connectivity index (χ1v) is 11.4. The molecule has 8 heteroatoms. The van der Waals surface area contributed by atoms with E-state index in [0.29, 0.717) is 29.7 Å². The number of thiazole rings is 1. The molecule has 1 aliphatic rings. The first-order chi connectivity index (χ1) is 14.2. The van der Waals surface area contributed by atoms with Crippen LogP contribution in [0.3, 0.4) is 0 Å². The number of pyridine rings is 1. The Morgan fingerprint density at radius 1 is 1.28 bits per heavy atom. The minimum atomic E-state index is -0.326. The molecule has 4 aromatic rings. The molecule has 150 valence electrons. The van der Waals surface area contributed by atoms with Crippen LogP contribution >= 0.6 is 22.7 Å². The second-order valence-electron chi connectivity index (χ2n) is 7.37. The lowest BCUT2D eigenvalue weighted by Gasteiger charge is -2.23. The van der Waals surface area contributed by atoms with Crippen molar-refractivity contribution in [3.05, 3.63) is 46.7 Å². The molecule has 3 aromatic heterocycles. The minimum absolute atomic E-state index is 0.188. The van der Waals surface area contributed by atoms with Crippen LogP contribution in [-0.2, 0) is 0 Å². The van der Waals surface area contributed by atoms with Gasteiger partial charge in [0.15, 0.2) is 5.82 Å². The Bertz CT molecular complexity index is 1170. The standard InChI is InChI=1S/C21H21FN4OS2/c1-12-13(5-7-26(12)8-9-27)18-10-14-15(4-6-23-21(14)29-18)25-16-2-3-17-20(19(16)22)24-11-28-17/h2-4,6,10-13,27H,5,7-9H2,1H3,(H,23,25)/t12-,13-/m0/s1. The highest BCUT2D eigenvalue weighted by Crippen LogP contribution is 2.41. The number of anilines is 2. The molecule has 2 N–H and O–H groups in total. The van der Waals surface area contributed by atoms with E-state index in [-0.39, 0.29) is 12.4 Å². The second-order valence-corrected chi connectivity index (χ2v) is 9.32. The molecule has 1 fully saturated rings. The molecule has 5 nitrogen and oxygen atoms in total. The van der Waals surface area contributed by atoms with Gasteiger partial charge in [-0.25, -0.2) is 14.4 Å². The van der Waals surface area contributed by atoms with Gasteiger partial charge in [0.05, 0.1) is 28.2 Å². The monoisotopic (exact) mass is 428 g/mol. The van der Waals surface area contributed by atoms with Crippen molar-refractivity contribution in [3.63, 3.8) is 0 Å². The van der Waals surface area contributed by atoms with Gasteiger partial charge in [-0.05, 0) is 44.2 Å². The zero-order valence-corrected chi connectivity index (χ0v) is 17.6. The molecule has 29 heavy (non-hydrogen) atoms. The summed E-state index contributed by atoms with van der Waals surface area (Å²) in [5.74, 6) is 0.102. The molecule has 1 aliphatic heterocycles. The topological polar surface area (TPSA) is 61.3 Å². The van der Waals surface area contributed by atoms with Gasteiger partial charge < -0.3 is 10.4 Å². The summed E-state index contributed by atoms with van der Waals surface area (Å²) in [6.07, 6.45) is 2.84. The molecule has 1 saturated heterocycles. The summed E-state index contributed by atoms with van der Waals surface area (Å²) in [6, 6.07) is 8.13. The Labute approximate surface area is 175 Å². The summed E-state index contributed by atoms with van der Waals surface area (Å²) < 4.78 is 15.7. The highest BCUT2D eigenvalue weighted by Gasteiger charge is 2.32. The number of likely N-dealkylation sites (tertiary alicyclic amines) is 1. The number of hydrogen-bond acceptors (Lipinski definition) is 7. The number of nitrogens with one attached hydrogen (secondary N) is 1. The van der Waals surface area contributed by atoms with Crippen LogP contribution in [0.2, 0.25) is 0 Å². The Kier molecular flexibility index (Phi) is 4.95. The maximum Gasteiger partial charge on any atom is 0.173 e. The van der Waals surface area contributed by atoms with Crippen LogP contribution in [0.15, 0.2) is 36.0 Å². The third kappa shape index (κ3) is 3.30. The molecule has 0 spiro atoms. The maximum atomic E-state index is 14.8. The number of rotatable bonds is 5. The highest BCUT2D eigenvalue weighted by molar-refractivity contribution is 7.18. The number of β-amino-alcohol motifs (C(OH)–C–C–N with tert-alkyl or cyclic N) is 1. The lowest BCUT2D eigenvalue weighted by atomic mass is 9.99. The number of hydrogen-bond donors (Lipinski definition) is 2. The normalized spacial score (nSPS) is 20.1. The SMILES string of the molecule is C[C@H]1[C@@H](c2cc3c(Nc4ccc5scnc5c4F)ccnc3s2)CCN1CCO. The van der Waals surface area contributed by atoms with Crippen molar-refractivity contribution in [3.8, 4) is 0 Å². The molecule has 0 radical (unpaired) electrons. The fourth-order valence-corrected chi connectivity index (χ4v) is 6.15. The van der Waals surface area contributed by atoms with Gasteiger partial charge in [-0.2, -0.15) is 0 Å². The molecular formula is C21H21FN4OS2. The van der Waals surface area contributed by atoms with Crippen molar-refractivity contribution in [2.24, 2.45) is 0 Å². The summed E-state index contributed by atoms with van der Waals surface area (Å²) in [7, 11) is 0. The number of nitrogens with zero attached hydrogens (tertiary/aromatic N) is 3. The molecule has 0 unspecified atom stereocenters. The van der Waals surface area contributed by atoms with E-state index in [2.05, 4.69) is 33.2 Å². The van der Waals surface area contributed by atoms with Crippen molar-refractivity contribution >= 4 is 54.5 Å². The Balaban J connectivity index is 1.48. The quantitative estimate of drug-likeness (QED) is 0.471. The number of thiophene rings is 1. The van der Waals surface area contributed by atoms with E-state index in [1.165, 1.54) is 16.2 Å². The van der Waals surface area contributed by atoms with Gasteiger partial charge in [-0.15, -0.1) is 22.7 Å². The van der Waals surface area contributed by atoms with Crippen LogP contribution in [-0.4, -0.2) is 45.7 Å². The third-order valence-corrected chi connectivity index (χ3v) is 7.77. The fourth-order valence-electron chi connectivity index (χ4n) is 4.22. The average molecular weight is 429 g/mol.